The van der Waals surface area contributed by atoms with E-state index in [1.165, 1.54) is 18.4 Å². The van der Waals surface area contributed by atoms with Gasteiger partial charge in [-0.05, 0) is 19.8 Å². The number of hydrogen-bond acceptors (Lipinski definition) is 3. The zero-order chi connectivity index (χ0) is 10.7. The summed E-state index contributed by atoms with van der Waals surface area (Å²) in [6, 6.07) is 0. The zero-order valence-electron chi connectivity index (χ0n) is 9.49. The van der Waals surface area contributed by atoms with E-state index < -0.39 is 0 Å². The van der Waals surface area contributed by atoms with Crippen molar-refractivity contribution >= 4 is 0 Å². The molecule has 1 fully saturated rings. The van der Waals surface area contributed by atoms with Crippen LogP contribution < -0.4 is 5.32 Å². The second kappa shape index (κ2) is 4.77. The summed E-state index contributed by atoms with van der Waals surface area (Å²) in [5, 5.41) is 7.73. The van der Waals surface area contributed by atoms with Crippen molar-refractivity contribution in [3.63, 3.8) is 0 Å². The number of rotatable bonds is 4. The van der Waals surface area contributed by atoms with Crippen LogP contribution >= 0.6 is 0 Å². The Bertz CT molecular complexity index is 316. The molecule has 4 heteroatoms. The van der Waals surface area contributed by atoms with Gasteiger partial charge < -0.3 is 10.1 Å². The first kappa shape index (κ1) is 10.6. The number of hydrogen-bond donors (Lipinski definition) is 1. The van der Waals surface area contributed by atoms with E-state index in [-0.39, 0.29) is 0 Å². The Hall–Kier alpha value is -0.870. The summed E-state index contributed by atoms with van der Waals surface area (Å²) in [7, 11) is 1.95. The Labute approximate surface area is 90.6 Å². The second-order valence-electron chi connectivity index (χ2n) is 4.18. The number of aromatic nitrogens is 2. The van der Waals surface area contributed by atoms with E-state index in [2.05, 4.69) is 16.6 Å². The molecule has 1 atom stereocenters. The molecule has 4 nitrogen and oxygen atoms in total. The number of aryl methyl sites for hydroxylation is 2. The highest BCUT2D eigenvalue weighted by atomic mass is 16.5. The number of ether oxygens (including phenoxy) is 1. The maximum Gasteiger partial charge on any atom is 0.0700 e. The molecule has 1 aromatic heterocycles. The smallest absolute Gasteiger partial charge is 0.0700 e. The molecule has 84 valence electrons. The van der Waals surface area contributed by atoms with E-state index in [1.54, 1.807) is 0 Å². The van der Waals surface area contributed by atoms with Crippen LogP contribution in [-0.4, -0.2) is 29.0 Å². The Morgan fingerprint density at radius 2 is 2.53 bits per heavy atom. The molecule has 0 aromatic carbocycles. The summed E-state index contributed by atoms with van der Waals surface area (Å²) in [5.74, 6) is 0. The molecule has 0 spiro atoms. The maximum atomic E-state index is 5.54. The fourth-order valence-corrected chi connectivity index (χ4v) is 2.00. The van der Waals surface area contributed by atoms with Crippen LogP contribution in [0.1, 0.15) is 24.1 Å². The van der Waals surface area contributed by atoms with Crippen LogP contribution in [0, 0.1) is 6.92 Å². The van der Waals surface area contributed by atoms with Gasteiger partial charge in [0.1, 0.15) is 0 Å². The highest BCUT2D eigenvalue weighted by Crippen LogP contribution is 2.11. The molecule has 0 amide bonds. The summed E-state index contributed by atoms with van der Waals surface area (Å²) in [4.78, 5) is 0. The predicted octanol–water partition coefficient (Wildman–Crippen LogP) is 0.997. The molecule has 1 saturated heterocycles. The second-order valence-corrected chi connectivity index (χ2v) is 4.18. The minimum atomic E-state index is 0.418. The quantitative estimate of drug-likeness (QED) is 0.804. The molecule has 1 aliphatic heterocycles. The largest absolute Gasteiger partial charge is 0.377 e. The van der Waals surface area contributed by atoms with Gasteiger partial charge in [0.05, 0.1) is 11.8 Å². The Morgan fingerprint density at radius 1 is 1.67 bits per heavy atom. The molecule has 1 aliphatic rings. The summed E-state index contributed by atoms with van der Waals surface area (Å²) >= 11 is 0. The van der Waals surface area contributed by atoms with E-state index in [0.717, 1.165) is 25.4 Å². The van der Waals surface area contributed by atoms with Crippen LogP contribution in [0.25, 0.3) is 0 Å². The maximum absolute atomic E-state index is 5.54. The highest BCUT2D eigenvalue weighted by Gasteiger charge is 2.14. The van der Waals surface area contributed by atoms with Gasteiger partial charge in [0.2, 0.25) is 0 Å². The molecule has 1 N–H and O–H groups in total. The molecule has 0 unspecified atom stereocenters. The summed E-state index contributed by atoms with van der Waals surface area (Å²) in [5.41, 5.74) is 2.38. The van der Waals surface area contributed by atoms with Crippen molar-refractivity contribution < 1.29 is 4.74 Å². The van der Waals surface area contributed by atoms with Crippen LogP contribution in [-0.2, 0) is 18.3 Å². The van der Waals surface area contributed by atoms with Gasteiger partial charge in [-0.15, -0.1) is 0 Å². The number of nitrogens with zero attached hydrogens (tertiary/aromatic N) is 2. The fraction of sp³-hybridized carbons (Fsp3) is 0.727. The topological polar surface area (TPSA) is 39.1 Å². The van der Waals surface area contributed by atoms with Gasteiger partial charge >= 0.3 is 0 Å². The van der Waals surface area contributed by atoms with Gasteiger partial charge in [-0.25, -0.2) is 0 Å². The molecule has 0 aliphatic carbocycles. The molecular weight excluding hydrogens is 190 g/mol. The average Bonchev–Trinajstić information content (AvgIpc) is 2.77. The zero-order valence-corrected chi connectivity index (χ0v) is 9.49. The lowest BCUT2D eigenvalue weighted by atomic mass is 10.2. The first-order valence-electron chi connectivity index (χ1n) is 5.57. The van der Waals surface area contributed by atoms with Gasteiger partial charge in [-0.2, -0.15) is 5.10 Å². The molecule has 15 heavy (non-hydrogen) atoms. The van der Waals surface area contributed by atoms with Crippen molar-refractivity contribution in [2.24, 2.45) is 7.05 Å². The van der Waals surface area contributed by atoms with Crippen LogP contribution in [0.2, 0.25) is 0 Å². The van der Waals surface area contributed by atoms with Gasteiger partial charge in [0.15, 0.2) is 0 Å². The number of nitrogens with one attached hydrogen (secondary N) is 1. The lowest BCUT2D eigenvalue weighted by Gasteiger charge is -2.09. The minimum Gasteiger partial charge on any atom is -0.377 e. The van der Waals surface area contributed by atoms with Crippen molar-refractivity contribution in [3.8, 4) is 0 Å². The minimum absolute atomic E-state index is 0.418. The van der Waals surface area contributed by atoms with E-state index in [9.17, 15) is 0 Å². The van der Waals surface area contributed by atoms with Gasteiger partial charge in [0, 0.05) is 38.5 Å². The molecule has 0 saturated carbocycles. The standard InChI is InChI=1S/C11H19N3O/c1-9-10(8-14(2)13-9)6-12-7-11-4-3-5-15-11/h8,11-12H,3-7H2,1-2H3/t11-/m0/s1. The average molecular weight is 209 g/mol. The molecule has 1 aromatic rings. The third-order valence-corrected chi connectivity index (χ3v) is 2.83. The molecule has 0 bridgehead atoms. The van der Waals surface area contributed by atoms with E-state index in [4.69, 9.17) is 4.74 Å². The van der Waals surface area contributed by atoms with Crippen LogP contribution in [0.5, 0.6) is 0 Å². The Morgan fingerprint density at radius 3 is 3.13 bits per heavy atom. The normalized spacial score (nSPS) is 21.1. The molecule has 0 radical (unpaired) electrons. The fourth-order valence-electron chi connectivity index (χ4n) is 2.00. The highest BCUT2D eigenvalue weighted by molar-refractivity contribution is 5.14. The summed E-state index contributed by atoms with van der Waals surface area (Å²) in [6.07, 6.45) is 4.89. The van der Waals surface area contributed by atoms with Crippen LogP contribution in [0.15, 0.2) is 6.20 Å². The first-order chi connectivity index (χ1) is 7.25. The monoisotopic (exact) mass is 209 g/mol. The molecule has 2 heterocycles. The van der Waals surface area contributed by atoms with Crippen molar-refractivity contribution in [1.82, 2.24) is 15.1 Å². The van der Waals surface area contributed by atoms with Crippen molar-refractivity contribution in [1.29, 1.82) is 0 Å². The third kappa shape index (κ3) is 2.79. The van der Waals surface area contributed by atoms with Gasteiger partial charge in [-0.1, -0.05) is 0 Å². The van der Waals surface area contributed by atoms with Crippen molar-refractivity contribution in [3.05, 3.63) is 17.5 Å². The SMILES string of the molecule is Cc1nn(C)cc1CNC[C@@H]1CCCO1. The van der Waals surface area contributed by atoms with Gasteiger partial charge in [-0.3, -0.25) is 4.68 Å². The predicted molar refractivity (Wildman–Crippen MR) is 58.6 cm³/mol. The van der Waals surface area contributed by atoms with Crippen molar-refractivity contribution in [2.75, 3.05) is 13.2 Å². The molecule has 2 rings (SSSR count). The lowest BCUT2D eigenvalue weighted by Crippen LogP contribution is -2.25. The van der Waals surface area contributed by atoms with Crippen LogP contribution in [0.4, 0.5) is 0 Å². The van der Waals surface area contributed by atoms with E-state index in [1.807, 2.05) is 18.7 Å². The first-order valence-corrected chi connectivity index (χ1v) is 5.57. The summed E-state index contributed by atoms with van der Waals surface area (Å²) < 4.78 is 7.40. The van der Waals surface area contributed by atoms with E-state index in [0.29, 0.717) is 6.10 Å². The molecular formula is C11H19N3O. The van der Waals surface area contributed by atoms with Gasteiger partial charge in [0.25, 0.3) is 0 Å². The Balaban J connectivity index is 1.75. The third-order valence-electron chi connectivity index (χ3n) is 2.83. The Kier molecular flexibility index (Phi) is 3.38. The summed E-state index contributed by atoms with van der Waals surface area (Å²) in [6.45, 7) is 4.81. The lowest BCUT2D eigenvalue weighted by molar-refractivity contribution is 0.110. The van der Waals surface area contributed by atoms with Crippen LogP contribution in [0.3, 0.4) is 0 Å². The van der Waals surface area contributed by atoms with E-state index >= 15 is 0 Å². The van der Waals surface area contributed by atoms with Crippen molar-refractivity contribution in [2.45, 2.75) is 32.4 Å².